The van der Waals surface area contributed by atoms with Gasteiger partial charge in [-0.1, -0.05) is 13.3 Å². The highest BCUT2D eigenvalue weighted by atomic mass is 16.5. The van der Waals surface area contributed by atoms with Gasteiger partial charge in [0.2, 0.25) is 5.91 Å². The standard InChI is InChI=1S/C12H24N2O3/c1-4-5-6-14(3)7-11-12(16)10(8-17-11)13-9(2)15/h10-12,16H,4-8H2,1-3H3,(H,13,15). The normalized spacial score (nSPS) is 28.6. The van der Waals surface area contributed by atoms with Crippen molar-refractivity contribution < 1.29 is 14.6 Å². The Balaban J connectivity index is 2.33. The average Bonchev–Trinajstić information content (AvgIpc) is 2.58. The number of carbonyl (C=O) groups excluding carboxylic acids is 1. The predicted molar refractivity (Wildman–Crippen MR) is 65.8 cm³/mol. The molecule has 1 aliphatic rings. The summed E-state index contributed by atoms with van der Waals surface area (Å²) in [6.45, 7) is 5.72. The van der Waals surface area contributed by atoms with Crippen LogP contribution in [-0.4, -0.2) is 60.9 Å². The van der Waals surface area contributed by atoms with E-state index in [9.17, 15) is 9.90 Å². The fourth-order valence-corrected chi connectivity index (χ4v) is 2.06. The molecule has 1 aliphatic heterocycles. The molecule has 0 saturated carbocycles. The molecule has 2 N–H and O–H groups in total. The summed E-state index contributed by atoms with van der Waals surface area (Å²) in [6, 6.07) is -0.267. The van der Waals surface area contributed by atoms with Gasteiger partial charge in [-0.05, 0) is 20.0 Å². The molecule has 17 heavy (non-hydrogen) atoms. The molecule has 1 saturated heterocycles. The van der Waals surface area contributed by atoms with Crippen molar-refractivity contribution in [1.29, 1.82) is 0 Å². The second-order valence-electron chi connectivity index (χ2n) is 4.79. The molecule has 3 unspecified atom stereocenters. The lowest BCUT2D eigenvalue weighted by Crippen LogP contribution is -2.45. The van der Waals surface area contributed by atoms with Crippen molar-refractivity contribution in [3.05, 3.63) is 0 Å². The first-order chi connectivity index (χ1) is 8.04. The number of nitrogens with one attached hydrogen (secondary N) is 1. The number of hydrogen-bond acceptors (Lipinski definition) is 4. The van der Waals surface area contributed by atoms with E-state index in [1.54, 1.807) is 0 Å². The summed E-state index contributed by atoms with van der Waals surface area (Å²) in [7, 11) is 2.03. The van der Waals surface area contributed by atoms with Gasteiger partial charge in [-0.25, -0.2) is 0 Å². The van der Waals surface area contributed by atoms with E-state index in [0.29, 0.717) is 13.2 Å². The van der Waals surface area contributed by atoms with E-state index < -0.39 is 6.10 Å². The minimum atomic E-state index is -0.608. The summed E-state index contributed by atoms with van der Waals surface area (Å²) >= 11 is 0. The van der Waals surface area contributed by atoms with E-state index in [1.165, 1.54) is 6.92 Å². The zero-order chi connectivity index (χ0) is 12.8. The van der Waals surface area contributed by atoms with E-state index in [4.69, 9.17) is 4.74 Å². The number of carbonyl (C=O) groups is 1. The highest BCUT2D eigenvalue weighted by molar-refractivity contribution is 5.73. The number of aliphatic hydroxyl groups excluding tert-OH is 1. The van der Waals surface area contributed by atoms with Crippen LogP contribution >= 0.6 is 0 Å². The third-order valence-electron chi connectivity index (χ3n) is 3.06. The molecule has 0 aromatic rings. The summed E-state index contributed by atoms with van der Waals surface area (Å²) in [5.41, 5.74) is 0. The van der Waals surface area contributed by atoms with Gasteiger partial charge in [-0.3, -0.25) is 4.79 Å². The van der Waals surface area contributed by atoms with E-state index in [1.807, 2.05) is 7.05 Å². The van der Waals surface area contributed by atoms with Crippen molar-refractivity contribution in [2.24, 2.45) is 0 Å². The largest absolute Gasteiger partial charge is 0.388 e. The third kappa shape index (κ3) is 4.61. The maximum Gasteiger partial charge on any atom is 0.217 e. The van der Waals surface area contributed by atoms with Crippen LogP contribution in [0.4, 0.5) is 0 Å². The van der Waals surface area contributed by atoms with Crippen molar-refractivity contribution in [2.75, 3.05) is 26.7 Å². The van der Waals surface area contributed by atoms with Gasteiger partial charge in [0.15, 0.2) is 0 Å². The van der Waals surface area contributed by atoms with Crippen LogP contribution in [0.2, 0.25) is 0 Å². The molecule has 1 fully saturated rings. The maximum atomic E-state index is 10.9. The molecule has 0 aliphatic carbocycles. The fraction of sp³-hybridized carbons (Fsp3) is 0.917. The Hall–Kier alpha value is -0.650. The highest BCUT2D eigenvalue weighted by Gasteiger charge is 2.36. The van der Waals surface area contributed by atoms with Crippen LogP contribution in [0.25, 0.3) is 0 Å². The first-order valence-corrected chi connectivity index (χ1v) is 6.30. The van der Waals surface area contributed by atoms with Crippen molar-refractivity contribution in [2.45, 2.75) is 44.9 Å². The molecule has 5 nitrogen and oxygen atoms in total. The maximum absolute atomic E-state index is 10.9. The molecular weight excluding hydrogens is 220 g/mol. The molecule has 0 spiro atoms. The number of unbranched alkanes of at least 4 members (excludes halogenated alkanes) is 1. The summed E-state index contributed by atoms with van der Waals surface area (Å²) in [4.78, 5) is 13.1. The van der Waals surface area contributed by atoms with Crippen LogP contribution in [0.15, 0.2) is 0 Å². The first-order valence-electron chi connectivity index (χ1n) is 6.30. The summed E-state index contributed by atoms with van der Waals surface area (Å²) < 4.78 is 5.52. The third-order valence-corrected chi connectivity index (χ3v) is 3.06. The van der Waals surface area contributed by atoms with Crippen LogP contribution in [0.3, 0.4) is 0 Å². The van der Waals surface area contributed by atoms with Crippen LogP contribution in [0.1, 0.15) is 26.7 Å². The van der Waals surface area contributed by atoms with E-state index in [-0.39, 0.29) is 18.1 Å². The number of ether oxygens (including phenoxy) is 1. The number of rotatable bonds is 6. The summed E-state index contributed by atoms with van der Waals surface area (Å²) in [5, 5.41) is 12.7. The topological polar surface area (TPSA) is 61.8 Å². The fourth-order valence-electron chi connectivity index (χ4n) is 2.06. The van der Waals surface area contributed by atoms with Gasteiger partial charge in [0.25, 0.3) is 0 Å². The van der Waals surface area contributed by atoms with Crippen LogP contribution in [0.5, 0.6) is 0 Å². The second-order valence-corrected chi connectivity index (χ2v) is 4.79. The Morgan fingerprint density at radius 1 is 1.59 bits per heavy atom. The lowest BCUT2D eigenvalue weighted by molar-refractivity contribution is -0.120. The van der Waals surface area contributed by atoms with Crippen LogP contribution in [0, 0.1) is 0 Å². The number of amides is 1. The van der Waals surface area contributed by atoms with Gasteiger partial charge < -0.3 is 20.1 Å². The molecule has 3 atom stereocenters. The Kier molecular flexibility index (Phi) is 5.88. The smallest absolute Gasteiger partial charge is 0.217 e. The molecule has 0 bridgehead atoms. The van der Waals surface area contributed by atoms with Crippen molar-refractivity contribution >= 4 is 5.91 Å². The lowest BCUT2D eigenvalue weighted by atomic mass is 10.1. The lowest BCUT2D eigenvalue weighted by Gasteiger charge is -2.23. The zero-order valence-electron chi connectivity index (χ0n) is 11.0. The van der Waals surface area contributed by atoms with Gasteiger partial charge in [-0.2, -0.15) is 0 Å². The van der Waals surface area contributed by atoms with Crippen molar-refractivity contribution in [3.8, 4) is 0 Å². The number of aliphatic hydroxyl groups is 1. The highest BCUT2D eigenvalue weighted by Crippen LogP contribution is 2.15. The molecule has 1 rings (SSSR count). The van der Waals surface area contributed by atoms with Gasteiger partial charge in [-0.15, -0.1) is 0 Å². The molecular formula is C12H24N2O3. The molecule has 0 aromatic heterocycles. The molecule has 0 radical (unpaired) electrons. The molecule has 0 aromatic carbocycles. The summed E-state index contributed by atoms with van der Waals surface area (Å²) in [6.07, 6.45) is 1.50. The minimum absolute atomic E-state index is 0.127. The van der Waals surface area contributed by atoms with E-state index in [0.717, 1.165) is 19.4 Å². The summed E-state index contributed by atoms with van der Waals surface area (Å²) in [5.74, 6) is -0.127. The van der Waals surface area contributed by atoms with Gasteiger partial charge in [0, 0.05) is 13.5 Å². The SMILES string of the molecule is CCCCN(C)CC1OCC(NC(C)=O)C1O. The minimum Gasteiger partial charge on any atom is -0.388 e. The molecule has 1 amide bonds. The Morgan fingerprint density at radius 2 is 2.29 bits per heavy atom. The van der Waals surface area contributed by atoms with Gasteiger partial charge in [0.1, 0.15) is 6.10 Å². The van der Waals surface area contributed by atoms with Gasteiger partial charge >= 0.3 is 0 Å². The quantitative estimate of drug-likeness (QED) is 0.689. The molecule has 100 valence electrons. The van der Waals surface area contributed by atoms with Gasteiger partial charge in [0.05, 0.1) is 18.8 Å². The molecule has 5 heteroatoms. The first kappa shape index (κ1) is 14.4. The second kappa shape index (κ2) is 6.93. The Labute approximate surface area is 103 Å². The monoisotopic (exact) mass is 244 g/mol. The van der Waals surface area contributed by atoms with Crippen molar-refractivity contribution in [3.63, 3.8) is 0 Å². The number of likely N-dealkylation sites (N-methyl/N-ethyl adjacent to an activating group) is 1. The van der Waals surface area contributed by atoms with Crippen molar-refractivity contribution in [1.82, 2.24) is 10.2 Å². The van der Waals surface area contributed by atoms with Crippen LogP contribution in [-0.2, 0) is 9.53 Å². The van der Waals surface area contributed by atoms with Crippen LogP contribution < -0.4 is 5.32 Å². The predicted octanol–water partition coefficient (Wildman–Crippen LogP) is -0.0173. The van der Waals surface area contributed by atoms with E-state index >= 15 is 0 Å². The van der Waals surface area contributed by atoms with E-state index in [2.05, 4.69) is 17.1 Å². The Bertz CT molecular complexity index is 248. The Morgan fingerprint density at radius 3 is 2.88 bits per heavy atom. The zero-order valence-corrected chi connectivity index (χ0v) is 11.0. The molecule has 1 heterocycles. The average molecular weight is 244 g/mol. The number of nitrogens with zero attached hydrogens (tertiary/aromatic N) is 1. The number of hydrogen-bond donors (Lipinski definition) is 2.